The van der Waals surface area contributed by atoms with Crippen molar-refractivity contribution in [2.24, 2.45) is 0 Å². The molecule has 0 amide bonds. The summed E-state index contributed by atoms with van der Waals surface area (Å²) in [5.41, 5.74) is 5.94. The molecule has 0 aliphatic heterocycles. The van der Waals surface area contributed by atoms with Gasteiger partial charge >= 0.3 is 0 Å². The van der Waals surface area contributed by atoms with Crippen molar-refractivity contribution in [3.05, 3.63) is 130 Å². The van der Waals surface area contributed by atoms with Crippen molar-refractivity contribution in [1.82, 2.24) is 0 Å². The molecule has 0 radical (unpaired) electrons. The Labute approximate surface area is 261 Å². The summed E-state index contributed by atoms with van der Waals surface area (Å²) in [6.07, 6.45) is 0. The molecule has 4 aromatic carbocycles. The summed E-state index contributed by atoms with van der Waals surface area (Å²) < 4.78 is 0. The Kier molecular flexibility index (Phi) is 16.3. The second-order valence-electron chi connectivity index (χ2n) is 9.65. The number of hydrogen-bond donors (Lipinski definition) is 0. The maximum Gasteiger partial charge on any atom is 0.159 e. The monoisotopic (exact) mass is 594 g/mol. The maximum atomic E-state index is 11.2. The Hall–Kier alpha value is -5.10. The fourth-order valence-corrected chi connectivity index (χ4v) is 3.69. The van der Waals surface area contributed by atoms with Crippen molar-refractivity contribution >= 4 is 34.7 Å². The van der Waals surface area contributed by atoms with Gasteiger partial charge in [0.05, 0.1) is 0 Å². The number of carbonyl (C=O) groups excluding carboxylic acids is 6. The molecule has 0 bridgehead atoms. The van der Waals surface area contributed by atoms with Crippen molar-refractivity contribution in [2.45, 2.75) is 56.4 Å². The number of ketones is 6. The van der Waals surface area contributed by atoms with Gasteiger partial charge in [0.2, 0.25) is 0 Å². The lowest BCUT2D eigenvalue weighted by Crippen LogP contribution is -1.96. The van der Waals surface area contributed by atoms with Crippen molar-refractivity contribution in [3.63, 3.8) is 0 Å². The van der Waals surface area contributed by atoms with Gasteiger partial charge in [0.1, 0.15) is 0 Å². The zero-order chi connectivity index (χ0) is 31.4. The van der Waals surface area contributed by atoms with Crippen molar-refractivity contribution in [3.8, 4) is 11.1 Å². The molecule has 0 spiro atoms. The van der Waals surface area contributed by atoms with Gasteiger partial charge in [0.25, 0.3) is 0 Å². The first kappa shape index (κ1) is 38.9. The van der Waals surface area contributed by atoms with Crippen LogP contribution in [0.5, 0.6) is 0 Å². The van der Waals surface area contributed by atoms with Crippen LogP contribution in [0.25, 0.3) is 11.1 Å². The third-order valence-electron chi connectivity index (χ3n) is 6.29. The number of benzene rings is 4. The molecule has 4 aromatic rings. The van der Waals surface area contributed by atoms with Crippen molar-refractivity contribution < 1.29 is 28.8 Å². The van der Waals surface area contributed by atoms with Gasteiger partial charge < -0.3 is 0 Å². The number of Topliss-reactive ketones (excluding diaryl/α,β-unsaturated/α-hetero) is 6. The Bertz CT molecular complexity index is 1480. The minimum Gasteiger partial charge on any atom is -0.295 e. The zero-order valence-electron chi connectivity index (χ0n) is 24.7. The molecule has 0 aliphatic rings. The molecule has 0 N–H and O–H groups in total. The molecule has 0 atom stereocenters. The lowest BCUT2D eigenvalue weighted by Gasteiger charge is -2.03. The average Bonchev–Trinajstić information content (AvgIpc) is 2.98. The van der Waals surface area contributed by atoms with E-state index >= 15 is 0 Å². The van der Waals surface area contributed by atoms with E-state index in [2.05, 4.69) is 0 Å². The first-order valence-corrected chi connectivity index (χ1v) is 13.3. The van der Waals surface area contributed by atoms with Gasteiger partial charge in [0.15, 0.2) is 34.7 Å². The Morgan fingerprint density at radius 1 is 0.318 bits per heavy atom. The smallest absolute Gasteiger partial charge is 0.159 e. The number of rotatable bonds is 7. The molecular weight excluding hydrogens is 552 g/mol. The van der Waals surface area contributed by atoms with E-state index in [1.807, 2.05) is 48.5 Å². The second-order valence-corrected chi connectivity index (χ2v) is 9.65. The molecule has 230 valence electrons. The summed E-state index contributed by atoms with van der Waals surface area (Å²) in [6.45, 7) is 9.08. The lowest BCUT2D eigenvalue weighted by atomic mass is 10.0. The first-order chi connectivity index (χ1) is 19.8. The van der Waals surface area contributed by atoms with E-state index in [0.717, 1.165) is 11.1 Å². The van der Waals surface area contributed by atoms with Gasteiger partial charge in [-0.25, -0.2) is 0 Å². The Balaban J connectivity index is 0.000000637. The second kappa shape index (κ2) is 18.4. The van der Waals surface area contributed by atoms with E-state index in [4.69, 9.17) is 0 Å². The first-order valence-electron chi connectivity index (χ1n) is 13.3. The highest BCUT2D eigenvalue weighted by Gasteiger charge is 2.04. The quantitative estimate of drug-likeness (QED) is 0.198. The molecule has 0 unspecified atom stereocenters. The molecule has 44 heavy (non-hydrogen) atoms. The highest BCUT2D eigenvalue weighted by atomic mass is 16.1. The van der Waals surface area contributed by atoms with Crippen LogP contribution in [0.3, 0.4) is 0 Å². The molecule has 0 saturated heterocycles. The topological polar surface area (TPSA) is 102 Å². The van der Waals surface area contributed by atoms with E-state index in [1.54, 1.807) is 62.4 Å². The van der Waals surface area contributed by atoms with Crippen LogP contribution in [-0.4, -0.2) is 34.7 Å². The third-order valence-corrected chi connectivity index (χ3v) is 6.29. The van der Waals surface area contributed by atoms with Crippen LogP contribution in [0, 0.1) is 0 Å². The normalized spacial score (nSPS) is 9.32. The number of carbonyl (C=O) groups is 6. The van der Waals surface area contributed by atoms with Gasteiger partial charge in [-0.15, -0.1) is 0 Å². The van der Waals surface area contributed by atoms with Crippen molar-refractivity contribution in [1.29, 1.82) is 0 Å². The zero-order valence-corrected chi connectivity index (χ0v) is 24.7. The molecule has 6 nitrogen and oxygen atoms in total. The minimum absolute atomic E-state index is 0. The summed E-state index contributed by atoms with van der Waals surface area (Å²) in [5.74, 6) is 0.133. The fourth-order valence-electron chi connectivity index (χ4n) is 3.69. The Morgan fingerprint density at radius 2 is 0.523 bits per heavy atom. The fraction of sp³-hybridized carbons (Fsp3) is 0.211. The lowest BCUT2D eigenvalue weighted by molar-refractivity contribution is 0.100. The predicted molar refractivity (Wildman–Crippen MR) is 178 cm³/mol. The Morgan fingerprint density at radius 3 is 0.727 bits per heavy atom. The highest BCUT2D eigenvalue weighted by Crippen LogP contribution is 2.20. The van der Waals surface area contributed by atoms with Crippen LogP contribution < -0.4 is 0 Å². The maximum absolute atomic E-state index is 11.2. The molecule has 6 heteroatoms. The van der Waals surface area contributed by atoms with Gasteiger partial charge in [-0.2, -0.15) is 0 Å². The van der Waals surface area contributed by atoms with E-state index in [9.17, 15) is 28.8 Å². The molecule has 0 aromatic heterocycles. The summed E-state index contributed by atoms with van der Waals surface area (Å²) in [5, 5.41) is 0. The van der Waals surface area contributed by atoms with E-state index in [1.165, 1.54) is 27.7 Å². The van der Waals surface area contributed by atoms with Crippen LogP contribution in [0.4, 0.5) is 0 Å². The molecule has 0 fully saturated rings. The molecule has 0 aliphatic carbocycles. The van der Waals surface area contributed by atoms with Gasteiger partial charge in [-0.1, -0.05) is 106 Å². The van der Waals surface area contributed by atoms with Gasteiger partial charge in [-0.05, 0) is 58.7 Å². The summed E-state index contributed by atoms with van der Waals surface area (Å²) in [4.78, 5) is 65.9. The van der Waals surface area contributed by atoms with Gasteiger partial charge in [0, 0.05) is 33.4 Å². The third kappa shape index (κ3) is 12.0. The highest BCUT2D eigenvalue weighted by molar-refractivity contribution is 6.00. The molecule has 4 rings (SSSR count). The van der Waals surface area contributed by atoms with Crippen LogP contribution >= 0.6 is 0 Å². The van der Waals surface area contributed by atoms with E-state index in [-0.39, 0.29) is 49.6 Å². The molecule has 0 heterocycles. The largest absolute Gasteiger partial charge is 0.295 e. The SMILES string of the molecule is C.C.CC(=O)c1ccc(-c2ccc(C(C)=O)cc2)cc1.CC(=O)c1ccc(C(C)=O)cc1.CC(=O)c1cccc(C(C)=O)c1. The predicted octanol–water partition coefficient (Wildman–Crippen LogP) is 9.21. The van der Waals surface area contributed by atoms with E-state index < -0.39 is 0 Å². The van der Waals surface area contributed by atoms with Crippen LogP contribution in [0.1, 0.15) is 119 Å². The average molecular weight is 595 g/mol. The summed E-state index contributed by atoms with van der Waals surface area (Å²) in [7, 11) is 0. The molecular formula is C38H42O6. The van der Waals surface area contributed by atoms with Crippen LogP contribution in [0.15, 0.2) is 97.1 Å². The summed E-state index contributed by atoms with van der Waals surface area (Å²) in [6, 6.07) is 28.3. The van der Waals surface area contributed by atoms with Crippen molar-refractivity contribution in [2.75, 3.05) is 0 Å². The standard InChI is InChI=1S/C16H14O2.2C10H10O2.2CH4/c1-11(17)13-3-7-15(8-4-13)16-9-5-14(6-10-16)12(2)18;1-7(11)9-3-5-10(6-4-9)8(2)12;1-7(11)9-4-3-5-10(6-9)8(2)12;;/h3-10H,1-2H3;2*3-6H,1-2H3;2*1H4. The van der Waals surface area contributed by atoms with Crippen LogP contribution in [-0.2, 0) is 0 Å². The van der Waals surface area contributed by atoms with Gasteiger partial charge in [-0.3, -0.25) is 28.8 Å². The minimum atomic E-state index is -0.0156. The van der Waals surface area contributed by atoms with Crippen LogP contribution in [0.2, 0.25) is 0 Å². The molecule has 0 saturated carbocycles. The number of hydrogen-bond acceptors (Lipinski definition) is 6. The van der Waals surface area contributed by atoms with E-state index in [0.29, 0.717) is 33.4 Å². The summed E-state index contributed by atoms with van der Waals surface area (Å²) >= 11 is 0.